The van der Waals surface area contributed by atoms with Gasteiger partial charge in [-0.1, -0.05) is 91.9 Å². The molecule has 246 valence electrons. The lowest BCUT2D eigenvalue weighted by Gasteiger charge is -2.41. The van der Waals surface area contributed by atoms with Crippen LogP contribution in [-0.4, -0.2) is 42.1 Å². The van der Waals surface area contributed by atoms with Crippen molar-refractivity contribution in [1.29, 1.82) is 0 Å². The van der Waals surface area contributed by atoms with Gasteiger partial charge in [-0.05, 0) is 46.9 Å². The molecule has 47 heavy (non-hydrogen) atoms. The van der Waals surface area contributed by atoms with Crippen molar-refractivity contribution in [3.05, 3.63) is 119 Å². The standard InChI is InChI=1S/C38H41NO7S/c1-24-34(23-47-35-12-8-7-11-33(35)43-4)45-38(46-36(24)29-15-13-27(22-40)14-16-29)30-19-17-28(18-20-30)32-10-6-5-9-31(32)21-39-37(42)25(2)44-26(3)41/h5-20,24-25,34,36,38,40H,21-23H2,1-4H3,(H,39,42)/t24-,25-,34+,36+,38+/m0/s1. The summed E-state index contributed by atoms with van der Waals surface area (Å²) in [6, 6.07) is 31.8. The number of nitrogens with one attached hydrogen (secondary N) is 1. The lowest BCUT2D eigenvalue weighted by atomic mass is 9.91. The average molecular weight is 656 g/mol. The second kappa shape index (κ2) is 16.1. The zero-order valence-electron chi connectivity index (χ0n) is 27.1. The Labute approximate surface area is 280 Å². The van der Waals surface area contributed by atoms with Crippen molar-refractivity contribution in [3.8, 4) is 16.9 Å². The summed E-state index contributed by atoms with van der Waals surface area (Å²) in [7, 11) is 1.68. The Bertz CT molecular complexity index is 1640. The minimum Gasteiger partial charge on any atom is -0.496 e. The number of thioether (sulfide) groups is 1. The van der Waals surface area contributed by atoms with Gasteiger partial charge in [0.2, 0.25) is 0 Å². The number of ether oxygens (including phenoxy) is 4. The van der Waals surface area contributed by atoms with Crippen molar-refractivity contribution in [2.75, 3.05) is 12.9 Å². The molecule has 2 N–H and O–H groups in total. The van der Waals surface area contributed by atoms with E-state index in [1.165, 1.54) is 6.92 Å². The number of methoxy groups -OCH3 is 1. The van der Waals surface area contributed by atoms with Crippen LogP contribution in [0.15, 0.2) is 102 Å². The molecule has 0 unspecified atom stereocenters. The number of hydrogen-bond acceptors (Lipinski definition) is 8. The molecule has 0 aliphatic carbocycles. The Balaban J connectivity index is 1.35. The number of carbonyl (C=O) groups is 2. The summed E-state index contributed by atoms with van der Waals surface area (Å²) in [5, 5.41) is 12.4. The lowest BCUT2D eigenvalue weighted by Crippen LogP contribution is -2.38. The molecule has 1 aliphatic rings. The smallest absolute Gasteiger partial charge is 0.303 e. The molecule has 1 amide bonds. The first kappa shape index (κ1) is 34.2. The largest absolute Gasteiger partial charge is 0.496 e. The van der Waals surface area contributed by atoms with Gasteiger partial charge in [-0.25, -0.2) is 0 Å². The van der Waals surface area contributed by atoms with E-state index in [9.17, 15) is 14.7 Å². The van der Waals surface area contributed by atoms with E-state index in [0.29, 0.717) is 5.75 Å². The van der Waals surface area contributed by atoms with Gasteiger partial charge in [-0.15, -0.1) is 11.8 Å². The maximum atomic E-state index is 12.5. The van der Waals surface area contributed by atoms with Crippen LogP contribution in [0.3, 0.4) is 0 Å². The molecule has 8 nitrogen and oxygen atoms in total. The maximum absolute atomic E-state index is 12.5. The van der Waals surface area contributed by atoms with Gasteiger partial charge in [-0.2, -0.15) is 0 Å². The van der Waals surface area contributed by atoms with Crippen LogP contribution >= 0.6 is 11.8 Å². The van der Waals surface area contributed by atoms with Crippen molar-refractivity contribution in [2.45, 2.75) is 63.4 Å². The van der Waals surface area contributed by atoms with E-state index < -0.39 is 18.4 Å². The maximum Gasteiger partial charge on any atom is 0.303 e. The van der Waals surface area contributed by atoms with Crippen molar-refractivity contribution in [1.82, 2.24) is 5.32 Å². The predicted molar refractivity (Wildman–Crippen MR) is 182 cm³/mol. The summed E-state index contributed by atoms with van der Waals surface area (Å²) < 4.78 is 23.9. The molecule has 0 aromatic heterocycles. The number of para-hydroxylation sites is 1. The number of amides is 1. The fraction of sp³-hybridized carbons (Fsp3) is 0.316. The van der Waals surface area contributed by atoms with Gasteiger partial charge in [0.25, 0.3) is 5.91 Å². The van der Waals surface area contributed by atoms with Crippen LogP contribution in [-0.2, 0) is 37.0 Å². The average Bonchev–Trinajstić information content (AvgIpc) is 3.10. The first-order valence-electron chi connectivity index (χ1n) is 15.7. The number of carbonyl (C=O) groups excluding carboxylic acids is 2. The third-order valence-corrected chi connectivity index (χ3v) is 9.42. The normalized spacial score (nSPS) is 19.9. The third kappa shape index (κ3) is 8.61. The topological polar surface area (TPSA) is 103 Å². The van der Waals surface area contributed by atoms with E-state index in [1.54, 1.807) is 25.8 Å². The molecule has 4 aromatic carbocycles. The summed E-state index contributed by atoms with van der Waals surface area (Å²) in [6.45, 7) is 5.26. The summed E-state index contributed by atoms with van der Waals surface area (Å²) in [5.74, 6) is 0.739. The molecule has 9 heteroatoms. The molecule has 1 heterocycles. The molecule has 4 aromatic rings. The number of benzene rings is 4. The molecule has 5 rings (SSSR count). The number of aliphatic hydroxyl groups excluding tert-OH is 1. The van der Waals surface area contributed by atoms with Gasteiger partial charge < -0.3 is 29.4 Å². The monoisotopic (exact) mass is 655 g/mol. The first-order chi connectivity index (χ1) is 22.8. The van der Waals surface area contributed by atoms with Gasteiger partial charge in [-0.3, -0.25) is 9.59 Å². The highest BCUT2D eigenvalue weighted by Gasteiger charge is 2.38. The Morgan fingerprint density at radius 2 is 1.60 bits per heavy atom. The van der Waals surface area contributed by atoms with Crippen LogP contribution in [0, 0.1) is 5.92 Å². The quantitative estimate of drug-likeness (QED) is 0.124. The summed E-state index contributed by atoms with van der Waals surface area (Å²) in [6.07, 6.45) is -1.80. The van der Waals surface area contributed by atoms with E-state index in [-0.39, 0.29) is 37.2 Å². The van der Waals surface area contributed by atoms with Gasteiger partial charge >= 0.3 is 5.97 Å². The third-order valence-electron chi connectivity index (χ3n) is 8.27. The number of aliphatic hydroxyl groups is 1. The number of esters is 1. The molecule has 0 radical (unpaired) electrons. The molecule has 5 atom stereocenters. The lowest BCUT2D eigenvalue weighted by molar-refractivity contribution is -0.268. The van der Waals surface area contributed by atoms with Gasteiger partial charge in [0.15, 0.2) is 12.4 Å². The SMILES string of the molecule is COc1ccccc1SC[C@H]1O[C@@H](c2ccc(-c3ccccc3CNC(=O)[C@H](C)OC(C)=O)cc2)O[C@@H](c2ccc(CO)cc2)[C@H]1C. The molecule has 1 aliphatic heterocycles. The zero-order valence-corrected chi connectivity index (χ0v) is 27.9. The summed E-state index contributed by atoms with van der Waals surface area (Å²) in [4.78, 5) is 24.8. The highest BCUT2D eigenvalue weighted by Crippen LogP contribution is 2.44. The number of rotatable bonds is 12. The van der Waals surface area contributed by atoms with Gasteiger partial charge in [0.1, 0.15) is 5.75 Å². The second-order valence-electron chi connectivity index (χ2n) is 11.5. The first-order valence-corrected chi connectivity index (χ1v) is 16.7. The van der Waals surface area contributed by atoms with Crippen molar-refractivity contribution in [2.24, 2.45) is 5.92 Å². The van der Waals surface area contributed by atoms with Gasteiger partial charge in [0, 0.05) is 35.6 Å². The fourth-order valence-corrected chi connectivity index (χ4v) is 6.82. The number of hydrogen-bond donors (Lipinski definition) is 2. The highest BCUT2D eigenvalue weighted by atomic mass is 32.2. The zero-order chi connectivity index (χ0) is 33.3. The van der Waals surface area contributed by atoms with Crippen LogP contribution in [0.1, 0.15) is 55.4 Å². The van der Waals surface area contributed by atoms with Crippen molar-refractivity contribution >= 4 is 23.6 Å². The Morgan fingerprint density at radius 3 is 2.30 bits per heavy atom. The van der Waals surface area contributed by atoms with E-state index in [2.05, 4.69) is 18.3 Å². The van der Waals surface area contributed by atoms with Gasteiger partial charge in [0.05, 0.1) is 25.9 Å². The van der Waals surface area contributed by atoms with E-state index >= 15 is 0 Å². The molecular formula is C38H41NO7S. The molecular weight excluding hydrogens is 614 g/mol. The highest BCUT2D eigenvalue weighted by molar-refractivity contribution is 7.99. The molecule has 0 saturated carbocycles. The Morgan fingerprint density at radius 1 is 0.915 bits per heavy atom. The summed E-state index contributed by atoms with van der Waals surface area (Å²) in [5.41, 5.74) is 5.67. The van der Waals surface area contributed by atoms with Crippen molar-refractivity contribution < 1.29 is 33.6 Å². The Kier molecular flexibility index (Phi) is 11.7. The molecule has 0 bridgehead atoms. The Hall–Kier alpha value is -4.15. The minimum atomic E-state index is -0.870. The van der Waals surface area contributed by atoms with E-state index in [0.717, 1.165) is 44.0 Å². The van der Waals surface area contributed by atoms with Crippen LogP contribution < -0.4 is 10.1 Å². The predicted octanol–water partition coefficient (Wildman–Crippen LogP) is 7.01. The molecule has 1 saturated heterocycles. The second-order valence-corrected chi connectivity index (χ2v) is 12.6. The van der Waals surface area contributed by atoms with Crippen LogP contribution in [0.25, 0.3) is 11.1 Å². The molecule has 0 spiro atoms. The summed E-state index contributed by atoms with van der Waals surface area (Å²) >= 11 is 1.70. The van der Waals surface area contributed by atoms with Crippen LogP contribution in [0.4, 0.5) is 0 Å². The molecule has 1 fully saturated rings. The minimum absolute atomic E-state index is 0.0134. The van der Waals surface area contributed by atoms with E-state index in [4.69, 9.17) is 18.9 Å². The van der Waals surface area contributed by atoms with E-state index in [1.807, 2.05) is 91.0 Å². The fourth-order valence-electron chi connectivity index (χ4n) is 5.62. The van der Waals surface area contributed by atoms with Crippen LogP contribution in [0.5, 0.6) is 5.75 Å². The van der Waals surface area contributed by atoms with Crippen molar-refractivity contribution in [3.63, 3.8) is 0 Å². The van der Waals surface area contributed by atoms with Crippen LogP contribution in [0.2, 0.25) is 0 Å².